The Morgan fingerprint density at radius 2 is 0.746 bits per heavy atom. The molecular formula is C18H50BBr2FK2NaO11S31. The van der Waals surface area contributed by atoms with Gasteiger partial charge in [0, 0.05) is 356 Å². The maximum Gasteiger partial charge on any atom is 1.00 e. The predicted molar refractivity (Wildman–Crippen MR) is 369 cm³/mol. The normalized spacial score (nSPS) is 5.70. The molecule has 0 saturated heterocycles. The summed E-state index contributed by atoms with van der Waals surface area (Å²) >= 11 is 39.6. The summed E-state index contributed by atoms with van der Waals surface area (Å²) in [5, 5.41) is 24.1. The Bertz CT molecular complexity index is 1830. The van der Waals surface area contributed by atoms with E-state index >= 15 is 0 Å². The van der Waals surface area contributed by atoms with E-state index in [1.807, 2.05) is 13.8 Å². The van der Waals surface area contributed by atoms with Gasteiger partial charge in [-0.2, -0.15) is 0 Å². The zero-order valence-electron chi connectivity index (χ0n) is 38.5. The number of carbonyl (C=O) groups excluding carboxylic acids is 3. The standard InChI is InChI=1S/C3H8O2.C3H6O2.C3H8O.C2H5Br.C2H6O.C2H4O.CH2O3.CH4O.CH4.B.BrH.FH.2K.Na.S10.S9.S8.S4.2H/c1-4-3-5-2;1-3(4)5-2;1-3-4-2;3*1-2-3;2-1-4-3;1-2;;;;;;;;1-3-5-7-9-10-8-6-4-2;1-3-5-7-9-8-6-4-2;1-3-5-7-8-6-4-2;1-3-4-2;;/h3H2,1-2H3;1-2H3;3H2,1-2H3;2H2,1H3;3H,2H2,1H3;2H,1H3;1,3H;2H,1H3;1H4;;2*1H;;;;;;;;;/q;;;;;;;;;;;;3*+1;;;;;2*-1/p-1. The van der Waals surface area contributed by atoms with Gasteiger partial charge in [0.05, 0.1) is 7.11 Å². The molecule has 401 valence electrons. The van der Waals surface area contributed by atoms with Crippen molar-refractivity contribution in [3.8, 4) is 0 Å². The molecule has 0 heterocycles. The smallest absolute Gasteiger partial charge is 1.00 e. The molecule has 3 radical (unpaired) electrons. The van der Waals surface area contributed by atoms with Crippen LogP contribution in [0.15, 0.2) is 0 Å². The van der Waals surface area contributed by atoms with Crippen molar-refractivity contribution in [2.45, 2.75) is 42.0 Å². The maximum atomic E-state index is 9.59. The van der Waals surface area contributed by atoms with Crippen LogP contribution in [0.2, 0.25) is 0 Å². The topological polar surface area (TPSA) is 161 Å². The monoisotopic (exact) mass is 1720 g/mol. The molecule has 2 N–H and O–H groups in total. The molecule has 0 saturated carbocycles. The molecule has 0 rings (SSSR count). The van der Waals surface area contributed by atoms with Gasteiger partial charge in [-0.25, -0.2) is 0 Å². The van der Waals surface area contributed by atoms with Gasteiger partial charge in [0.1, 0.15) is 13.1 Å². The van der Waals surface area contributed by atoms with E-state index in [4.69, 9.17) is 25.1 Å². The number of ether oxygens (including phenoxy) is 4. The molecule has 0 bridgehead atoms. The minimum atomic E-state index is -0.245. The number of aldehydes is 1. The van der Waals surface area contributed by atoms with Crippen molar-refractivity contribution < 1.29 is 194 Å². The van der Waals surface area contributed by atoms with Crippen molar-refractivity contribution in [3.05, 3.63) is 0 Å². The Kier molecular flexibility index (Phi) is 382. The van der Waals surface area contributed by atoms with Crippen LogP contribution in [0.25, 0.3) is 0 Å². The predicted octanol–water partition coefficient (Wildman–Crippen LogP) is -7.13. The van der Waals surface area contributed by atoms with Gasteiger partial charge in [0.15, 0.2) is 0 Å². The Balaban J connectivity index is -0.0000000195. The van der Waals surface area contributed by atoms with Crippen LogP contribution in [0, 0.1) is 0 Å². The SMILES string of the molecule is Br.C.CC=O.CCBr.CCO.CCOC.CO.COC(C)=O.COCOC.F.O=CO[O-].S=S=S=S.S=S=S=S=S=S=S=S.S=S=S=S=S=S=S=S=S.S=S=S=S=S=S=S=S=S=S.[B].[H-].[H-].[K+].[K+].[Na+]. The van der Waals surface area contributed by atoms with E-state index in [-0.39, 0.29) is 192 Å². The molecule has 0 fully saturated rings. The molecule has 0 amide bonds. The second-order valence-corrected chi connectivity index (χ2v) is 46.4. The Morgan fingerprint density at radius 3 is 0.791 bits per heavy atom. The average molecular weight is 1730 g/mol. The summed E-state index contributed by atoms with van der Waals surface area (Å²) in [7, 11) is 42.3. The van der Waals surface area contributed by atoms with Gasteiger partial charge < -0.3 is 47.0 Å². The van der Waals surface area contributed by atoms with Crippen molar-refractivity contribution in [1.29, 1.82) is 0 Å². The summed E-state index contributed by atoms with van der Waals surface area (Å²) in [5.41, 5.74) is 0. The number of carbonyl (C=O) groups is 3. The second-order valence-electron chi connectivity index (χ2n) is 4.54. The Hall–Kier alpha value is 10.4. The Morgan fingerprint density at radius 1 is 0.612 bits per heavy atom. The van der Waals surface area contributed by atoms with Crippen LogP contribution in [0.1, 0.15) is 44.9 Å². The third-order valence-corrected chi connectivity index (χ3v) is 43.6. The zero-order valence-corrected chi connectivity index (χ0v) is 73.3. The first kappa shape index (κ1) is 132. The molecule has 0 aromatic heterocycles. The third-order valence-electron chi connectivity index (χ3n) is 1.38. The summed E-state index contributed by atoms with van der Waals surface area (Å²) in [4.78, 5) is 29.6. The number of rotatable bonds is 4. The quantitative estimate of drug-likeness (QED) is 0.0520. The van der Waals surface area contributed by atoms with Crippen molar-refractivity contribution >= 4 is 354 Å². The van der Waals surface area contributed by atoms with E-state index in [1.54, 1.807) is 161 Å². The first-order chi connectivity index (χ1) is 28.9. The van der Waals surface area contributed by atoms with Gasteiger partial charge in [-0.15, -0.1) is 17.0 Å². The third kappa shape index (κ3) is 337. The zero-order chi connectivity index (χ0) is 49.6. The number of alkyl halides is 1. The van der Waals surface area contributed by atoms with E-state index in [1.165, 1.54) is 92.0 Å². The molecule has 67 heavy (non-hydrogen) atoms. The number of aliphatic hydroxyl groups excluding tert-OH is 2. The fraction of sp³-hybridized carbons (Fsp3) is 0.833. The molecule has 0 spiro atoms. The van der Waals surface area contributed by atoms with Crippen molar-refractivity contribution in [2.24, 2.45) is 0 Å². The maximum absolute atomic E-state index is 9.59. The van der Waals surface area contributed by atoms with E-state index in [0.29, 0.717) is 6.79 Å². The van der Waals surface area contributed by atoms with Crippen LogP contribution in [0.3, 0.4) is 0 Å². The second kappa shape index (κ2) is 193. The number of hydrogen-bond donors (Lipinski definition) is 2. The Labute approximate surface area is 634 Å². The molecule has 0 aromatic rings. The molecular weight excluding hydrogens is 1680 g/mol. The number of aliphatic hydroxyl groups is 2. The minimum absolute atomic E-state index is 0. The van der Waals surface area contributed by atoms with E-state index in [0.717, 1.165) is 25.3 Å². The molecule has 49 heteroatoms. The van der Waals surface area contributed by atoms with E-state index in [9.17, 15) is 4.79 Å². The van der Waals surface area contributed by atoms with Crippen LogP contribution in [-0.4, -0.2) is 98.2 Å². The van der Waals surface area contributed by atoms with Crippen LogP contribution >= 0.6 is 32.9 Å². The number of methoxy groups -OCH3 is 4. The molecule has 0 aliphatic rings. The minimum Gasteiger partial charge on any atom is -1.00 e. The fourth-order valence-electron chi connectivity index (χ4n) is 0.288. The molecule has 0 unspecified atom stereocenters. The van der Waals surface area contributed by atoms with Crippen LogP contribution < -0.4 is 138 Å². The van der Waals surface area contributed by atoms with Gasteiger partial charge >= 0.3 is 138 Å². The average Bonchev–Trinajstić information content (AvgIpc) is 3.26. The van der Waals surface area contributed by atoms with Crippen molar-refractivity contribution in [3.63, 3.8) is 0 Å². The van der Waals surface area contributed by atoms with Crippen molar-refractivity contribution in [2.75, 3.05) is 60.9 Å². The number of esters is 1. The van der Waals surface area contributed by atoms with E-state index in [2.05, 4.69) is 129 Å². The van der Waals surface area contributed by atoms with Gasteiger partial charge in [-0.3, -0.25) is 14.3 Å². The number of halogens is 3. The van der Waals surface area contributed by atoms with E-state index < -0.39 is 0 Å². The fourth-order valence-corrected chi connectivity index (χ4v) is 41.5. The molecule has 11 nitrogen and oxygen atoms in total. The first-order valence-corrected chi connectivity index (χ1v) is 49.6. The van der Waals surface area contributed by atoms with Gasteiger partial charge in [0.25, 0.3) is 6.47 Å². The molecule has 0 aliphatic heterocycles. The summed E-state index contributed by atoms with van der Waals surface area (Å²) < 4.78 is 17.6. The van der Waals surface area contributed by atoms with Crippen molar-refractivity contribution in [1.82, 2.24) is 0 Å². The number of hydrogen-bond acceptors (Lipinski definition) is 19. The molecule has 0 atom stereocenters. The summed E-state index contributed by atoms with van der Waals surface area (Å²) in [6.07, 6.45) is 0.750. The summed E-state index contributed by atoms with van der Waals surface area (Å²) in [5.74, 6) is -0.245. The van der Waals surface area contributed by atoms with Gasteiger partial charge in [-0.05, 0) is 20.8 Å². The summed E-state index contributed by atoms with van der Waals surface area (Å²) in [6.45, 7) is 9.76. The van der Waals surface area contributed by atoms with Crippen LogP contribution in [-0.2, 0) is 332 Å². The first-order valence-electron chi connectivity index (χ1n) is 12.5. The van der Waals surface area contributed by atoms with Crippen LogP contribution in [0.5, 0.6) is 0 Å². The largest absolute Gasteiger partial charge is 1.00 e. The van der Waals surface area contributed by atoms with Gasteiger partial charge in [-0.1, -0.05) is 30.3 Å². The molecule has 0 aliphatic carbocycles. The summed E-state index contributed by atoms with van der Waals surface area (Å²) in [6, 6.07) is 0. The molecule has 0 aromatic carbocycles. The van der Waals surface area contributed by atoms with Gasteiger partial charge in [0.2, 0.25) is 0 Å². The van der Waals surface area contributed by atoms with Crippen LogP contribution in [0.4, 0.5) is 4.70 Å².